The molecule has 0 aromatic heterocycles. The summed E-state index contributed by atoms with van der Waals surface area (Å²) in [7, 11) is 0. The molecule has 0 saturated carbocycles. The van der Waals surface area contributed by atoms with Gasteiger partial charge in [-0.3, -0.25) is 0 Å². The number of halogens is 1. The van der Waals surface area contributed by atoms with Gasteiger partial charge in [0, 0.05) is 6.04 Å². The molecule has 0 aromatic carbocycles. The molecule has 1 N–H and O–H groups in total. The molecule has 2 heteroatoms. The van der Waals surface area contributed by atoms with Crippen LogP contribution >= 0.6 is 12.4 Å². The molecule has 0 aromatic rings. The maximum Gasteiger partial charge on any atom is 0.00103 e. The molecule has 0 heterocycles. The van der Waals surface area contributed by atoms with Gasteiger partial charge in [0.15, 0.2) is 0 Å². The molecule has 23 heavy (non-hydrogen) atoms. The van der Waals surface area contributed by atoms with E-state index in [1.165, 1.54) is 109 Å². The Hall–Kier alpha value is 0.250. The van der Waals surface area contributed by atoms with Gasteiger partial charge >= 0.3 is 0 Å². The molecule has 0 aliphatic heterocycles. The summed E-state index contributed by atoms with van der Waals surface area (Å²) in [4.78, 5) is 0. The molecule has 0 amide bonds. The minimum Gasteiger partial charge on any atom is -0.315 e. The topological polar surface area (TPSA) is 12.0 Å². The molecular formula is C21H46ClN. The van der Waals surface area contributed by atoms with E-state index in [1.807, 2.05) is 0 Å². The normalized spacial score (nSPS) is 11.0. The fourth-order valence-electron chi connectivity index (χ4n) is 3.06. The van der Waals surface area contributed by atoms with Crippen molar-refractivity contribution < 1.29 is 0 Å². The van der Waals surface area contributed by atoms with Crippen LogP contribution in [-0.4, -0.2) is 12.6 Å². The zero-order chi connectivity index (χ0) is 16.3. The molecule has 0 aliphatic rings. The summed E-state index contributed by atoms with van der Waals surface area (Å²) < 4.78 is 0. The van der Waals surface area contributed by atoms with Gasteiger partial charge in [-0.25, -0.2) is 0 Å². The van der Waals surface area contributed by atoms with Crippen LogP contribution < -0.4 is 5.32 Å². The first-order valence-electron chi connectivity index (χ1n) is 10.5. The lowest BCUT2D eigenvalue weighted by Gasteiger charge is -2.07. The quantitative estimate of drug-likeness (QED) is 0.251. The van der Waals surface area contributed by atoms with E-state index in [4.69, 9.17) is 0 Å². The predicted molar refractivity (Wildman–Crippen MR) is 110 cm³/mol. The zero-order valence-corrected chi connectivity index (χ0v) is 17.3. The van der Waals surface area contributed by atoms with Crippen molar-refractivity contribution >= 4 is 12.4 Å². The average molecular weight is 348 g/mol. The van der Waals surface area contributed by atoms with E-state index in [0.717, 1.165) is 0 Å². The molecule has 0 rings (SSSR count). The van der Waals surface area contributed by atoms with Gasteiger partial charge in [0.05, 0.1) is 0 Å². The largest absolute Gasteiger partial charge is 0.315 e. The zero-order valence-electron chi connectivity index (χ0n) is 16.5. The fourth-order valence-corrected chi connectivity index (χ4v) is 3.06. The lowest BCUT2D eigenvalue weighted by atomic mass is 10.0. The van der Waals surface area contributed by atoms with E-state index in [2.05, 4.69) is 26.1 Å². The third kappa shape index (κ3) is 24.6. The van der Waals surface area contributed by atoms with Crippen molar-refractivity contribution in [2.24, 2.45) is 0 Å². The third-order valence-electron chi connectivity index (χ3n) is 4.58. The van der Waals surface area contributed by atoms with Crippen LogP contribution in [0.25, 0.3) is 0 Å². The molecule has 0 spiro atoms. The molecular weight excluding hydrogens is 302 g/mol. The van der Waals surface area contributed by atoms with E-state index in [-0.39, 0.29) is 12.4 Å². The van der Waals surface area contributed by atoms with Crippen LogP contribution in [0.15, 0.2) is 0 Å². The SMILES string of the molecule is CCCCCCCCCCCCCCCCCCNC(C)C.Cl. The van der Waals surface area contributed by atoms with E-state index in [1.54, 1.807) is 0 Å². The summed E-state index contributed by atoms with van der Waals surface area (Å²) in [5.41, 5.74) is 0. The second kappa shape index (κ2) is 22.2. The Morgan fingerprint density at radius 2 is 0.826 bits per heavy atom. The maximum absolute atomic E-state index is 3.50. The van der Waals surface area contributed by atoms with Gasteiger partial charge in [0.25, 0.3) is 0 Å². The van der Waals surface area contributed by atoms with Gasteiger partial charge in [0.2, 0.25) is 0 Å². The summed E-state index contributed by atoms with van der Waals surface area (Å²) >= 11 is 0. The lowest BCUT2D eigenvalue weighted by molar-refractivity contribution is 0.516. The molecule has 142 valence electrons. The Balaban J connectivity index is 0. The second-order valence-corrected chi connectivity index (χ2v) is 7.41. The van der Waals surface area contributed by atoms with Gasteiger partial charge in [0.1, 0.15) is 0 Å². The summed E-state index contributed by atoms with van der Waals surface area (Å²) in [5.74, 6) is 0. The summed E-state index contributed by atoms with van der Waals surface area (Å²) in [6, 6.07) is 0.649. The Morgan fingerprint density at radius 1 is 0.522 bits per heavy atom. The van der Waals surface area contributed by atoms with Crippen molar-refractivity contribution in [3.05, 3.63) is 0 Å². The van der Waals surface area contributed by atoms with Gasteiger partial charge in [-0.05, 0) is 13.0 Å². The summed E-state index contributed by atoms with van der Waals surface area (Å²) in [6.45, 7) is 7.96. The highest BCUT2D eigenvalue weighted by Crippen LogP contribution is 2.13. The molecule has 0 atom stereocenters. The van der Waals surface area contributed by atoms with Crippen LogP contribution in [0.2, 0.25) is 0 Å². The molecule has 1 nitrogen and oxygen atoms in total. The van der Waals surface area contributed by atoms with E-state index < -0.39 is 0 Å². The van der Waals surface area contributed by atoms with Crippen molar-refractivity contribution in [2.75, 3.05) is 6.54 Å². The number of nitrogens with one attached hydrogen (secondary N) is 1. The van der Waals surface area contributed by atoms with Gasteiger partial charge in [-0.1, -0.05) is 117 Å². The van der Waals surface area contributed by atoms with Crippen LogP contribution in [0.1, 0.15) is 124 Å². The highest BCUT2D eigenvalue weighted by atomic mass is 35.5. The van der Waals surface area contributed by atoms with Crippen molar-refractivity contribution in [2.45, 2.75) is 130 Å². The van der Waals surface area contributed by atoms with Crippen molar-refractivity contribution in [1.29, 1.82) is 0 Å². The Kier molecular flexibility index (Phi) is 24.7. The third-order valence-corrected chi connectivity index (χ3v) is 4.58. The van der Waals surface area contributed by atoms with Gasteiger partial charge < -0.3 is 5.32 Å². The number of unbranched alkanes of at least 4 members (excludes halogenated alkanes) is 15. The van der Waals surface area contributed by atoms with E-state index in [0.29, 0.717) is 6.04 Å². The molecule has 0 unspecified atom stereocenters. The van der Waals surface area contributed by atoms with E-state index >= 15 is 0 Å². The highest BCUT2D eigenvalue weighted by molar-refractivity contribution is 5.85. The summed E-state index contributed by atoms with van der Waals surface area (Å²) in [5, 5.41) is 3.50. The van der Waals surface area contributed by atoms with Crippen LogP contribution in [0, 0.1) is 0 Å². The highest BCUT2D eigenvalue weighted by Gasteiger charge is 1.95. The van der Waals surface area contributed by atoms with Crippen LogP contribution in [0.5, 0.6) is 0 Å². The number of hydrogen-bond donors (Lipinski definition) is 1. The fraction of sp³-hybridized carbons (Fsp3) is 1.00. The van der Waals surface area contributed by atoms with Gasteiger partial charge in [-0.2, -0.15) is 0 Å². The maximum atomic E-state index is 3.50. The van der Waals surface area contributed by atoms with Crippen molar-refractivity contribution in [1.82, 2.24) is 5.32 Å². The average Bonchev–Trinajstić information content (AvgIpc) is 2.50. The smallest absolute Gasteiger partial charge is 0.00103 e. The van der Waals surface area contributed by atoms with Crippen LogP contribution in [0.3, 0.4) is 0 Å². The second-order valence-electron chi connectivity index (χ2n) is 7.41. The van der Waals surface area contributed by atoms with Crippen molar-refractivity contribution in [3.8, 4) is 0 Å². The molecule has 0 aliphatic carbocycles. The Bertz CT molecular complexity index is 194. The number of hydrogen-bond acceptors (Lipinski definition) is 1. The summed E-state index contributed by atoms with van der Waals surface area (Å²) in [6.07, 6.45) is 23.2. The first-order valence-corrected chi connectivity index (χ1v) is 10.5. The molecule has 0 bridgehead atoms. The van der Waals surface area contributed by atoms with Crippen LogP contribution in [-0.2, 0) is 0 Å². The predicted octanol–water partition coefficient (Wildman–Crippen LogP) is 7.67. The first kappa shape index (κ1) is 25.5. The minimum atomic E-state index is 0. The van der Waals surface area contributed by atoms with E-state index in [9.17, 15) is 0 Å². The lowest BCUT2D eigenvalue weighted by Crippen LogP contribution is -2.23. The van der Waals surface area contributed by atoms with Crippen LogP contribution in [0.4, 0.5) is 0 Å². The van der Waals surface area contributed by atoms with Crippen molar-refractivity contribution in [3.63, 3.8) is 0 Å². The Morgan fingerprint density at radius 3 is 1.13 bits per heavy atom. The standard InChI is InChI=1S/C21H45N.ClH/c1-4-5-6-7-8-9-10-11-12-13-14-15-16-17-18-19-20-22-21(2)3;/h21-22H,4-20H2,1-3H3;1H. The molecule has 0 fully saturated rings. The van der Waals surface area contributed by atoms with Gasteiger partial charge in [-0.15, -0.1) is 12.4 Å². The molecule has 0 saturated heterocycles. The minimum absolute atomic E-state index is 0. The molecule has 0 radical (unpaired) electrons. The number of rotatable bonds is 18. The Labute approximate surface area is 154 Å². The first-order chi connectivity index (χ1) is 10.8. The monoisotopic (exact) mass is 347 g/mol.